The first-order valence-electron chi connectivity index (χ1n) is 7.14. The molecule has 1 aliphatic rings. The second kappa shape index (κ2) is 5.18. The highest BCUT2D eigenvalue weighted by atomic mass is 19.3. The van der Waals surface area contributed by atoms with Gasteiger partial charge in [-0.2, -0.15) is 0 Å². The summed E-state index contributed by atoms with van der Waals surface area (Å²) in [6, 6.07) is 4.01. The Labute approximate surface area is 114 Å². The molecule has 106 valence electrons. The Morgan fingerprint density at radius 3 is 2.05 bits per heavy atom. The molecule has 1 aromatic rings. The van der Waals surface area contributed by atoms with E-state index in [1.54, 1.807) is 6.20 Å². The van der Waals surface area contributed by atoms with Gasteiger partial charge in [-0.3, -0.25) is 4.98 Å². The van der Waals surface area contributed by atoms with E-state index in [0.717, 1.165) is 11.3 Å². The number of alkyl halides is 2. The van der Waals surface area contributed by atoms with Crippen molar-refractivity contribution in [1.29, 1.82) is 0 Å². The van der Waals surface area contributed by atoms with Crippen molar-refractivity contribution in [2.75, 3.05) is 0 Å². The zero-order valence-corrected chi connectivity index (χ0v) is 12.2. The van der Waals surface area contributed by atoms with Gasteiger partial charge >= 0.3 is 0 Å². The fourth-order valence-electron chi connectivity index (χ4n) is 3.21. The summed E-state index contributed by atoms with van der Waals surface area (Å²) in [5.74, 6) is -0.968. The van der Waals surface area contributed by atoms with Crippen LogP contribution in [0.4, 0.5) is 8.78 Å². The fraction of sp³-hybridized carbons (Fsp3) is 0.688. The van der Waals surface area contributed by atoms with E-state index >= 15 is 0 Å². The van der Waals surface area contributed by atoms with Gasteiger partial charge in [0.2, 0.25) is 5.92 Å². The number of hydrogen-bond donors (Lipinski definition) is 0. The summed E-state index contributed by atoms with van der Waals surface area (Å²) >= 11 is 0. The fourth-order valence-corrected chi connectivity index (χ4v) is 3.21. The topological polar surface area (TPSA) is 12.9 Å². The SMILES string of the molecule is CC(C)C(c1ccc(C2CC(F)(F)C2)cn1)C(C)C. The van der Waals surface area contributed by atoms with E-state index in [9.17, 15) is 8.78 Å². The Bertz CT molecular complexity index is 407. The minimum Gasteiger partial charge on any atom is -0.261 e. The lowest BCUT2D eigenvalue weighted by atomic mass is 9.77. The molecule has 3 heteroatoms. The van der Waals surface area contributed by atoms with Crippen LogP contribution in [0, 0.1) is 11.8 Å². The van der Waals surface area contributed by atoms with E-state index in [-0.39, 0.29) is 18.8 Å². The number of pyridine rings is 1. The predicted octanol–water partition coefficient (Wildman–Crippen LogP) is 4.99. The van der Waals surface area contributed by atoms with E-state index in [1.807, 2.05) is 12.1 Å². The molecule has 0 N–H and O–H groups in total. The maximum absolute atomic E-state index is 12.9. The highest BCUT2D eigenvalue weighted by Gasteiger charge is 2.45. The molecule has 19 heavy (non-hydrogen) atoms. The van der Waals surface area contributed by atoms with Crippen LogP contribution in [0.2, 0.25) is 0 Å². The molecule has 1 heterocycles. The molecule has 1 saturated carbocycles. The number of aromatic nitrogens is 1. The lowest BCUT2D eigenvalue weighted by Gasteiger charge is -2.35. The number of halogens is 2. The summed E-state index contributed by atoms with van der Waals surface area (Å²) in [5.41, 5.74) is 2.04. The summed E-state index contributed by atoms with van der Waals surface area (Å²) in [4.78, 5) is 4.53. The first-order valence-corrected chi connectivity index (χ1v) is 7.14. The van der Waals surface area contributed by atoms with Gasteiger partial charge in [0, 0.05) is 30.7 Å². The smallest absolute Gasteiger partial charge is 0.249 e. The quantitative estimate of drug-likeness (QED) is 0.749. The molecule has 0 bridgehead atoms. The Morgan fingerprint density at radius 2 is 1.68 bits per heavy atom. The maximum Gasteiger partial charge on any atom is 0.249 e. The van der Waals surface area contributed by atoms with Crippen LogP contribution >= 0.6 is 0 Å². The summed E-state index contributed by atoms with van der Waals surface area (Å²) in [6.07, 6.45) is 1.75. The van der Waals surface area contributed by atoms with Gasteiger partial charge in [-0.25, -0.2) is 8.78 Å². The molecule has 0 amide bonds. The van der Waals surface area contributed by atoms with Gasteiger partial charge in [0.05, 0.1) is 0 Å². The van der Waals surface area contributed by atoms with Gasteiger partial charge in [-0.05, 0) is 29.4 Å². The molecule has 0 atom stereocenters. The van der Waals surface area contributed by atoms with Gasteiger partial charge in [-0.15, -0.1) is 0 Å². The normalized spacial score (nSPS) is 19.2. The van der Waals surface area contributed by atoms with Crippen molar-refractivity contribution in [3.05, 3.63) is 29.6 Å². The molecule has 0 aliphatic heterocycles. The summed E-state index contributed by atoms with van der Waals surface area (Å²) in [7, 11) is 0. The molecular formula is C16H23F2N. The Kier molecular flexibility index (Phi) is 3.93. The highest BCUT2D eigenvalue weighted by Crippen LogP contribution is 2.48. The number of hydrogen-bond acceptors (Lipinski definition) is 1. The van der Waals surface area contributed by atoms with Crippen LogP contribution in [0.1, 0.15) is 63.6 Å². The van der Waals surface area contributed by atoms with Crippen LogP contribution < -0.4 is 0 Å². The summed E-state index contributed by atoms with van der Waals surface area (Å²) in [5, 5.41) is 0. The van der Waals surface area contributed by atoms with E-state index in [2.05, 4.69) is 32.7 Å². The molecule has 1 fully saturated rings. The van der Waals surface area contributed by atoms with Crippen molar-refractivity contribution in [1.82, 2.24) is 4.98 Å². The standard InChI is InChI=1S/C16H23F2N/c1-10(2)15(11(3)4)14-6-5-12(9-19-14)13-7-16(17,18)8-13/h5-6,9-11,13,15H,7-8H2,1-4H3. The second-order valence-electron chi connectivity index (χ2n) is 6.49. The van der Waals surface area contributed by atoms with Crippen molar-refractivity contribution in [3.63, 3.8) is 0 Å². The lowest BCUT2D eigenvalue weighted by Crippen LogP contribution is -2.33. The predicted molar refractivity (Wildman–Crippen MR) is 73.6 cm³/mol. The largest absolute Gasteiger partial charge is 0.261 e. The zero-order valence-electron chi connectivity index (χ0n) is 12.2. The summed E-state index contributed by atoms with van der Waals surface area (Å²) < 4.78 is 25.7. The molecule has 1 aromatic heterocycles. The maximum atomic E-state index is 12.9. The van der Waals surface area contributed by atoms with E-state index in [0.29, 0.717) is 17.8 Å². The third-order valence-corrected chi connectivity index (χ3v) is 4.15. The molecule has 0 radical (unpaired) electrons. The van der Waals surface area contributed by atoms with E-state index in [1.165, 1.54) is 0 Å². The van der Waals surface area contributed by atoms with Gasteiger partial charge in [-0.1, -0.05) is 33.8 Å². The van der Waals surface area contributed by atoms with Crippen molar-refractivity contribution in [3.8, 4) is 0 Å². The number of nitrogens with zero attached hydrogens (tertiary/aromatic N) is 1. The van der Waals surface area contributed by atoms with Gasteiger partial charge in [0.25, 0.3) is 0 Å². The third kappa shape index (κ3) is 3.13. The molecule has 1 aliphatic carbocycles. The monoisotopic (exact) mass is 267 g/mol. The molecule has 0 unspecified atom stereocenters. The Morgan fingerprint density at radius 1 is 1.11 bits per heavy atom. The van der Waals surface area contributed by atoms with Crippen LogP contribution in [-0.4, -0.2) is 10.9 Å². The van der Waals surface area contributed by atoms with Crippen LogP contribution in [0.3, 0.4) is 0 Å². The van der Waals surface area contributed by atoms with E-state index < -0.39 is 5.92 Å². The van der Waals surface area contributed by atoms with E-state index in [4.69, 9.17) is 0 Å². The third-order valence-electron chi connectivity index (χ3n) is 4.15. The van der Waals surface area contributed by atoms with Crippen LogP contribution in [0.5, 0.6) is 0 Å². The average Bonchev–Trinajstić information content (AvgIpc) is 2.26. The minimum atomic E-state index is -2.46. The van der Waals surface area contributed by atoms with Gasteiger partial charge in [0.1, 0.15) is 0 Å². The van der Waals surface area contributed by atoms with Crippen molar-refractivity contribution in [2.24, 2.45) is 11.8 Å². The first kappa shape index (κ1) is 14.4. The van der Waals surface area contributed by atoms with Gasteiger partial charge in [0.15, 0.2) is 0 Å². The Hall–Kier alpha value is -0.990. The molecular weight excluding hydrogens is 244 g/mol. The lowest BCUT2D eigenvalue weighted by molar-refractivity contribution is -0.0868. The first-order chi connectivity index (χ1) is 8.80. The molecule has 0 spiro atoms. The number of rotatable bonds is 4. The Balaban J connectivity index is 2.10. The second-order valence-corrected chi connectivity index (χ2v) is 6.49. The molecule has 0 aromatic carbocycles. The van der Waals surface area contributed by atoms with Crippen LogP contribution in [0.25, 0.3) is 0 Å². The highest BCUT2D eigenvalue weighted by molar-refractivity contribution is 5.24. The van der Waals surface area contributed by atoms with Crippen molar-refractivity contribution in [2.45, 2.75) is 58.3 Å². The van der Waals surface area contributed by atoms with Gasteiger partial charge < -0.3 is 0 Å². The van der Waals surface area contributed by atoms with Crippen molar-refractivity contribution >= 4 is 0 Å². The minimum absolute atomic E-state index is 0.00639. The zero-order chi connectivity index (χ0) is 14.2. The van der Waals surface area contributed by atoms with Crippen molar-refractivity contribution < 1.29 is 8.78 Å². The summed E-state index contributed by atoms with van der Waals surface area (Å²) in [6.45, 7) is 8.80. The average molecular weight is 267 g/mol. The molecule has 2 rings (SSSR count). The van der Waals surface area contributed by atoms with Crippen LogP contribution in [-0.2, 0) is 0 Å². The molecule has 0 saturated heterocycles. The van der Waals surface area contributed by atoms with Crippen LogP contribution in [0.15, 0.2) is 18.3 Å². The molecule has 1 nitrogen and oxygen atoms in total.